The van der Waals surface area contributed by atoms with Crippen molar-refractivity contribution in [3.8, 4) is 0 Å². The van der Waals surface area contributed by atoms with Crippen LogP contribution in [0, 0.1) is 0 Å². The standard InChI is InChI=1S/C23H26FN5O2S2/c1-3-33(30,31)20-5-4-12-25-22(20)29-13-10-18-19(11-14-29)27-23(32-2)28-21(18)26-17-8-6-16(15-24)7-9-17/h4-9,12H,3,10-11,13-15H2,1-2H3,(H,26,27,28). The van der Waals surface area contributed by atoms with Gasteiger partial charge in [0.25, 0.3) is 0 Å². The predicted molar refractivity (Wildman–Crippen MR) is 130 cm³/mol. The van der Waals surface area contributed by atoms with Gasteiger partial charge in [-0.15, -0.1) is 0 Å². The average molecular weight is 488 g/mol. The summed E-state index contributed by atoms with van der Waals surface area (Å²) in [6.07, 6.45) is 4.84. The molecule has 33 heavy (non-hydrogen) atoms. The highest BCUT2D eigenvalue weighted by Gasteiger charge is 2.25. The molecule has 2 aromatic heterocycles. The number of anilines is 3. The largest absolute Gasteiger partial charge is 0.355 e. The van der Waals surface area contributed by atoms with Gasteiger partial charge in [-0.25, -0.2) is 27.8 Å². The molecule has 0 spiro atoms. The summed E-state index contributed by atoms with van der Waals surface area (Å²) >= 11 is 1.47. The third kappa shape index (κ3) is 5.11. The van der Waals surface area contributed by atoms with Crippen molar-refractivity contribution in [3.63, 3.8) is 0 Å². The number of aromatic nitrogens is 3. The number of alkyl halides is 1. The lowest BCUT2D eigenvalue weighted by Crippen LogP contribution is -2.29. The van der Waals surface area contributed by atoms with E-state index in [4.69, 9.17) is 4.98 Å². The monoisotopic (exact) mass is 487 g/mol. The molecule has 0 saturated carbocycles. The SMILES string of the molecule is CCS(=O)(=O)c1cccnc1N1CCc2nc(SC)nc(Nc3ccc(CF)cc3)c2CC1. The highest BCUT2D eigenvalue weighted by Crippen LogP contribution is 2.30. The summed E-state index contributed by atoms with van der Waals surface area (Å²) < 4.78 is 38.1. The van der Waals surface area contributed by atoms with Crippen molar-refractivity contribution in [1.82, 2.24) is 15.0 Å². The average Bonchev–Trinajstić information content (AvgIpc) is 3.07. The van der Waals surface area contributed by atoms with Crippen LogP contribution in [-0.2, 0) is 29.4 Å². The van der Waals surface area contributed by atoms with E-state index < -0.39 is 16.5 Å². The summed E-state index contributed by atoms with van der Waals surface area (Å²) in [5, 5.41) is 4.03. The van der Waals surface area contributed by atoms with E-state index in [9.17, 15) is 12.8 Å². The molecule has 1 aliphatic heterocycles. The van der Waals surface area contributed by atoms with Gasteiger partial charge in [-0.05, 0) is 42.5 Å². The third-order valence-corrected chi connectivity index (χ3v) is 7.94. The van der Waals surface area contributed by atoms with E-state index in [2.05, 4.69) is 15.3 Å². The molecule has 10 heteroatoms. The van der Waals surface area contributed by atoms with Crippen LogP contribution in [0.25, 0.3) is 0 Å². The molecular weight excluding hydrogens is 461 g/mol. The zero-order valence-corrected chi connectivity index (χ0v) is 20.2. The minimum absolute atomic E-state index is 0.0254. The Morgan fingerprint density at radius 2 is 1.88 bits per heavy atom. The number of pyridine rings is 1. The Morgan fingerprint density at radius 1 is 1.12 bits per heavy atom. The van der Waals surface area contributed by atoms with Crippen molar-refractivity contribution in [2.24, 2.45) is 0 Å². The summed E-state index contributed by atoms with van der Waals surface area (Å²) in [6, 6.07) is 10.4. The van der Waals surface area contributed by atoms with E-state index in [-0.39, 0.29) is 10.6 Å². The van der Waals surface area contributed by atoms with Gasteiger partial charge in [-0.1, -0.05) is 30.8 Å². The van der Waals surface area contributed by atoms with Gasteiger partial charge in [0.15, 0.2) is 15.0 Å². The highest BCUT2D eigenvalue weighted by molar-refractivity contribution is 7.98. The number of fused-ring (bicyclic) bond motifs is 1. The van der Waals surface area contributed by atoms with Crippen LogP contribution in [0.2, 0.25) is 0 Å². The molecule has 3 aromatic rings. The van der Waals surface area contributed by atoms with Gasteiger partial charge in [0, 0.05) is 37.0 Å². The minimum atomic E-state index is -3.40. The van der Waals surface area contributed by atoms with Gasteiger partial charge >= 0.3 is 0 Å². The Labute approximate surface area is 197 Å². The first-order chi connectivity index (χ1) is 15.9. The quantitative estimate of drug-likeness (QED) is 0.392. The lowest BCUT2D eigenvalue weighted by Gasteiger charge is -2.23. The number of halogens is 1. The number of nitrogens with zero attached hydrogens (tertiary/aromatic N) is 4. The molecule has 174 valence electrons. The van der Waals surface area contributed by atoms with Crippen LogP contribution in [0.1, 0.15) is 23.7 Å². The van der Waals surface area contributed by atoms with Crippen LogP contribution in [0.4, 0.5) is 21.7 Å². The second kappa shape index (κ2) is 10.0. The van der Waals surface area contributed by atoms with E-state index in [0.29, 0.717) is 42.5 Å². The van der Waals surface area contributed by atoms with Crippen LogP contribution < -0.4 is 10.2 Å². The van der Waals surface area contributed by atoms with Gasteiger partial charge in [0.05, 0.1) is 11.4 Å². The second-order valence-corrected chi connectivity index (χ2v) is 10.7. The topological polar surface area (TPSA) is 88.1 Å². The van der Waals surface area contributed by atoms with Crippen molar-refractivity contribution in [2.45, 2.75) is 36.5 Å². The number of hydrogen-bond acceptors (Lipinski definition) is 8. The molecule has 3 heterocycles. The Hall–Kier alpha value is -2.72. The lowest BCUT2D eigenvalue weighted by atomic mass is 10.1. The van der Waals surface area contributed by atoms with Crippen molar-refractivity contribution < 1.29 is 12.8 Å². The smallest absolute Gasteiger partial charge is 0.189 e. The first kappa shape index (κ1) is 23.4. The maximum atomic E-state index is 12.9. The zero-order chi connectivity index (χ0) is 23.4. The number of benzene rings is 1. The Bertz CT molecular complexity index is 1240. The van der Waals surface area contributed by atoms with Gasteiger partial charge in [0.2, 0.25) is 0 Å². The molecule has 1 aliphatic rings. The molecule has 0 amide bonds. The summed E-state index contributed by atoms with van der Waals surface area (Å²) in [5.41, 5.74) is 3.38. The Kier molecular flexibility index (Phi) is 7.14. The molecule has 1 N–H and O–H groups in total. The fraction of sp³-hybridized carbons (Fsp3) is 0.348. The number of thioether (sulfide) groups is 1. The lowest BCUT2D eigenvalue weighted by molar-refractivity contribution is 0.485. The molecule has 4 rings (SSSR count). The fourth-order valence-corrected chi connectivity index (χ4v) is 5.26. The van der Waals surface area contributed by atoms with Crippen molar-refractivity contribution in [2.75, 3.05) is 35.3 Å². The zero-order valence-electron chi connectivity index (χ0n) is 18.6. The van der Waals surface area contributed by atoms with Crippen LogP contribution in [0.3, 0.4) is 0 Å². The van der Waals surface area contributed by atoms with Gasteiger partial charge in [-0.2, -0.15) is 0 Å². The number of rotatable bonds is 7. The Balaban J connectivity index is 1.65. The normalized spacial score (nSPS) is 14.0. The van der Waals surface area contributed by atoms with Gasteiger partial charge < -0.3 is 10.2 Å². The number of hydrogen-bond donors (Lipinski definition) is 1. The predicted octanol–water partition coefficient (Wildman–Crippen LogP) is 4.21. The molecule has 0 radical (unpaired) electrons. The maximum absolute atomic E-state index is 12.9. The summed E-state index contributed by atoms with van der Waals surface area (Å²) in [7, 11) is -3.40. The molecule has 0 fully saturated rings. The van der Waals surface area contributed by atoms with Crippen LogP contribution in [0.5, 0.6) is 0 Å². The number of nitrogens with one attached hydrogen (secondary N) is 1. The second-order valence-electron chi connectivity index (χ2n) is 7.66. The first-order valence-corrected chi connectivity index (χ1v) is 13.6. The molecule has 0 aliphatic carbocycles. The third-order valence-electron chi connectivity index (χ3n) is 5.64. The van der Waals surface area contributed by atoms with E-state index in [1.807, 2.05) is 23.3 Å². The molecule has 7 nitrogen and oxygen atoms in total. The molecular formula is C23H26FN5O2S2. The van der Waals surface area contributed by atoms with E-state index in [0.717, 1.165) is 22.8 Å². The molecule has 0 bridgehead atoms. The fourth-order valence-electron chi connectivity index (χ4n) is 3.81. The first-order valence-electron chi connectivity index (χ1n) is 10.7. The van der Waals surface area contributed by atoms with E-state index in [1.165, 1.54) is 11.8 Å². The summed E-state index contributed by atoms with van der Waals surface area (Å²) in [4.78, 5) is 16.1. The molecule has 1 aromatic carbocycles. The minimum Gasteiger partial charge on any atom is -0.355 e. The van der Waals surface area contributed by atoms with Crippen molar-refractivity contribution in [1.29, 1.82) is 0 Å². The maximum Gasteiger partial charge on any atom is 0.189 e. The van der Waals surface area contributed by atoms with Gasteiger partial charge in [0.1, 0.15) is 23.2 Å². The van der Waals surface area contributed by atoms with Crippen molar-refractivity contribution in [3.05, 3.63) is 59.4 Å². The van der Waals surface area contributed by atoms with Gasteiger partial charge in [-0.3, -0.25) is 0 Å². The van der Waals surface area contributed by atoms with Crippen molar-refractivity contribution >= 4 is 38.9 Å². The van der Waals surface area contributed by atoms with E-state index >= 15 is 0 Å². The van der Waals surface area contributed by atoms with Crippen LogP contribution in [-0.4, -0.2) is 48.5 Å². The Morgan fingerprint density at radius 3 is 2.58 bits per heavy atom. The molecule has 0 saturated heterocycles. The highest BCUT2D eigenvalue weighted by atomic mass is 32.2. The molecule has 0 atom stereocenters. The van der Waals surface area contributed by atoms with E-state index in [1.54, 1.807) is 37.4 Å². The summed E-state index contributed by atoms with van der Waals surface area (Å²) in [5.74, 6) is 1.24. The number of sulfone groups is 1. The molecule has 0 unspecified atom stereocenters. The summed E-state index contributed by atoms with van der Waals surface area (Å²) in [6.45, 7) is 2.33. The van der Waals surface area contributed by atoms with Crippen LogP contribution in [0.15, 0.2) is 52.6 Å². The van der Waals surface area contributed by atoms with Crippen LogP contribution >= 0.6 is 11.8 Å².